The number of nitrogens with two attached hydrogens (primary N) is 1. The second-order valence-corrected chi connectivity index (χ2v) is 6.91. The number of rotatable bonds is 4. The van der Waals surface area contributed by atoms with Crippen molar-refractivity contribution in [3.63, 3.8) is 0 Å². The Morgan fingerprint density at radius 2 is 1.68 bits per heavy atom. The van der Waals surface area contributed by atoms with Crippen LogP contribution in [0.25, 0.3) is 11.3 Å². The van der Waals surface area contributed by atoms with Gasteiger partial charge in [0.25, 0.3) is 0 Å². The third-order valence-electron chi connectivity index (χ3n) is 4.55. The highest BCUT2D eigenvalue weighted by molar-refractivity contribution is 5.68. The first kappa shape index (κ1) is 23.3. The Kier molecular flexibility index (Phi) is 6.07. The second kappa shape index (κ2) is 8.85. The topological polar surface area (TPSA) is 128 Å². The molecule has 34 heavy (non-hydrogen) atoms. The predicted octanol–water partition coefficient (Wildman–Crippen LogP) is 2.92. The summed E-state index contributed by atoms with van der Waals surface area (Å²) in [4.78, 5) is 24.1. The van der Waals surface area contributed by atoms with Crippen molar-refractivity contribution in [2.45, 2.75) is 12.4 Å². The lowest BCUT2D eigenvalue weighted by atomic mass is 10.1. The van der Waals surface area contributed by atoms with Gasteiger partial charge in [-0.25, -0.2) is 24.9 Å². The van der Waals surface area contributed by atoms with E-state index in [-0.39, 0.29) is 17.5 Å². The Morgan fingerprint density at radius 1 is 0.941 bits per heavy atom. The normalized spacial score (nSPS) is 14.8. The van der Waals surface area contributed by atoms with Crippen molar-refractivity contribution < 1.29 is 31.1 Å². The van der Waals surface area contributed by atoms with Crippen molar-refractivity contribution in [3.8, 4) is 11.3 Å². The van der Waals surface area contributed by atoms with Gasteiger partial charge in [-0.1, -0.05) is 0 Å². The largest absolute Gasteiger partial charge is 0.434 e. The van der Waals surface area contributed by atoms with Gasteiger partial charge in [-0.05, 0) is 6.07 Å². The van der Waals surface area contributed by atoms with Gasteiger partial charge in [0.2, 0.25) is 17.8 Å². The van der Waals surface area contributed by atoms with E-state index in [0.29, 0.717) is 32.4 Å². The first-order valence-corrected chi connectivity index (χ1v) is 9.60. The smallest absolute Gasteiger partial charge is 0.378 e. The highest BCUT2D eigenvalue weighted by Gasteiger charge is 2.37. The summed E-state index contributed by atoms with van der Waals surface area (Å²) in [6, 6.07) is 1.77. The molecule has 0 bridgehead atoms. The van der Waals surface area contributed by atoms with Crippen molar-refractivity contribution in [1.82, 2.24) is 29.9 Å². The summed E-state index contributed by atoms with van der Waals surface area (Å²) in [5.41, 5.74) is 2.07. The number of nitrogen functional groups attached to an aromatic ring is 1. The zero-order valence-corrected chi connectivity index (χ0v) is 17.0. The number of alkyl halides is 6. The monoisotopic (exact) mass is 487 g/mol. The Morgan fingerprint density at radius 3 is 2.35 bits per heavy atom. The molecule has 10 nitrogen and oxygen atoms in total. The average molecular weight is 487 g/mol. The first-order valence-electron chi connectivity index (χ1n) is 9.60. The van der Waals surface area contributed by atoms with E-state index in [2.05, 4.69) is 35.2 Å². The van der Waals surface area contributed by atoms with E-state index in [1.54, 1.807) is 4.90 Å². The number of hydrogen-bond acceptors (Lipinski definition) is 10. The molecule has 1 aliphatic heterocycles. The molecule has 3 aromatic heterocycles. The van der Waals surface area contributed by atoms with Crippen molar-refractivity contribution in [1.29, 1.82) is 0 Å². The minimum Gasteiger partial charge on any atom is -0.378 e. The third kappa shape index (κ3) is 5.22. The van der Waals surface area contributed by atoms with Crippen LogP contribution in [-0.2, 0) is 17.1 Å². The lowest BCUT2D eigenvalue weighted by molar-refractivity contribution is -0.141. The van der Waals surface area contributed by atoms with Crippen LogP contribution in [0.1, 0.15) is 11.4 Å². The van der Waals surface area contributed by atoms with Gasteiger partial charge in [0.05, 0.1) is 18.9 Å². The van der Waals surface area contributed by atoms with Crippen molar-refractivity contribution in [2.24, 2.45) is 0 Å². The number of halogens is 6. The Bertz CT molecular complexity index is 1180. The highest BCUT2D eigenvalue weighted by Crippen LogP contribution is 2.36. The van der Waals surface area contributed by atoms with Crippen LogP contribution in [0.3, 0.4) is 0 Å². The van der Waals surface area contributed by atoms with E-state index in [1.807, 2.05) is 0 Å². The molecule has 3 N–H and O–H groups in total. The molecule has 1 fully saturated rings. The fourth-order valence-corrected chi connectivity index (χ4v) is 3.03. The minimum absolute atomic E-state index is 0.0141. The molecule has 4 heterocycles. The lowest BCUT2D eigenvalue weighted by Gasteiger charge is -2.27. The molecule has 1 aliphatic rings. The maximum atomic E-state index is 13.6. The first-order chi connectivity index (χ1) is 16.0. The number of hydrogen-bond donors (Lipinski definition) is 2. The summed E-state index contributed by atoms with van der Waals surface area (Å²) in [5, 5.41) is 2.50. The van der Waals surface area contributed by atoms with Crippen LogP contribution in [0.15, 0.2) is 24.5 Å². The van der Waals surface area contributed by atoms with Crippen LogP contribution in [0, 0.1) is 0 Å². The number of nitrogens with one attached hydrogen (secondary N) is 1. The fourth-order valence-electron chi connectivity index (χ4n) is 3.03. The standard InChI is InChI=1S/C18H15F6N9O/c19-17(20,21)11-1-2-26-15(29-11)30-12-7-10(28-16(31-12)33-3-5-34-6-4-33)9-8-27-14(25)32-13(9)18(22,23)24/h1-2,7-8H,3-6H2,(H2,25,27,32)(H,26,28,29,30,31). The number of nitrogens with zero attached hydrogens (tertiary/aromatic N) is 7. The predicted molar refractivity (Wildman–Crippen MR) is 106 cm³/mol. The molecule has 0 saturated carbocycles. The summed E-state index contributed by atoms with van der Waals surface area (Å²) < 4.78 is 85.1. The summed E-state index contributed by atoms with van der Waals surface area (Å²) in [7, 11) is 0. The van der Waals surface area contributed by atoms with Gasteiger partial charge in [-0.3, -0.25) is 0 Å². The molecule has 0 radical (unpaired) electrons. The molecule has 0 atom stereocenters. The van der Waals surface area contributed by atoms with E-state index < -0.39 is 41.2 Å². The van der Waals surface area contributed by atoms with Gasteiger partial charge in [0.1, 0.15) is 11.5 Å². The molecule has 0 aromatic carbocycles. The van der Waals surface area contributed by atoms with Gasteiger partial charge >= 0.3 is 12.4 Å². The van der Waals surface area contributed by atoms with Gasteiger partial charge in [-0.15, -0.1) is 0 Å². The van der Waals surface area contributed by atoms with Gasteiger partial charge in [-0.2, -0.15) is 31.3 Å². The molecule has 0 aliphatic carbocycles. The molecular weight excluding hydrogens is 472 g/mol. The van der Waals surface area contributed by atoms with E-state index in [1.165, 1.54) is 0 Å². The molecule has 180 valence electrons. The van der Waals surface area contributed by atoms with E-state index in [9.17, 15) is 26.3 Å². The molecule has 0 amide bonds. The van der Waals surface area contributed by atoms with Crippen molar-refractivity contribution in [3.05, 3.63) is 35.9 Å². The molecule has 3 aromatic rings. The fraction of sp³-hybridized carbons (Fsp3) is 0.333. The van der Waals surface area contributed by atoms with Gasteiger partial charge in [0.15, 0.2) is 5.69 Å². The zero-order valence-electron chi connectivity index (χ0n) is 17.0. The molecule has 0 unspecified atom stereocenters. The summed E-state index contributed by atoms with van der Waals surface area (Å²) in [5.74, 6) is -1.18. The van der Waals surface area contributed by atoms with Crippen LogP contribution in [0.5, 0.6) is 0 Å². The van der Waals surface area contributed by atoms with E-state index in [0.717, 1.165) is 18.5 Å². The highest BCUT2D eigenvalue weighted by atomic mass is 19.4. The SMILES string of the molecule is Nc1ncc(-c2cc(Nc3nccc(C(F)(F)F)n3)nc(N3CCOCC3)n2)c(C(F)(F)F)n1. The Hall–Kier alpha value is -3.82. The molecule has 1 saturated heterocycles. The number of aromatic nitrogens is 6. The van der Waals surface area contributed by atoms with Gasteiger partial charge < -0.3 is 20.7 Å². The number of ether oxygens (including phenoxy) is 1. The Balaban J connectivity index is 1.80. The summed E-state index contributed by atoms with van der Waals surface area (Å²) in [6.07, 6.45) is -7.86. The molecule has 4 rings (SSSR count). The number of morpholine rings is 1. The maximum Gasteiger partial charge on any atom is 0.434 e. The van der Waals surface area contributed by atoms with Crippen molar-refractivity contribution in [2.75, 3.05) is 42.3 Å². The number of anilines is 4. The molecule has 0 spiro atoms. The van der Waals surface area contributed by atoms with E-state index >= 15 is 0 Å². The minimum atomic E-state index is -4.88. The van der Waals surface area contributed by atoms with E-state index in [4.69, 9.17) is 10.5 Å². The van der Waals surface area contributed by atoms with Crippen LogP contribution < -0.4 is 16.0 Å². The van der Waals surface area contributed by atoms with Crippen LogP contribution in [0.4, 0.5) is 50.0 Å². The van der Waals surface area contributed by atoms with Crippen LogP contribution in [0.2, 0.25) is 0 Å². The summed E-state index contributed by atoms with van der Waals surface area (Å²) >= 11 is 0. The maximum absolute atomic E-state index is 13.6. The molecular formula is C18H15F6N9O. The quantitative estimate of drug-likeness (QED) is 0.530. The van der Waals surface area contributed by atoms with Gasteiger partial charge in [0, 0.05) is 37.1 Å². The average Bonchev–Trinajstić information content (AvgIpc) is 2.78. The van der Waals surface area contributed by atoms with Crippen LogP contribution >= 0.6 is 0 Å². The third-order valence-corrected chi connectivity index (χ3v) is 4.55. The second-order valence-electron chi connectivity index (χ2n) is 6.91. The molecule has 16 heteroatoms. The van der Waals surface area contributed by atoms with Crippen LogP contribution in [-0.4, -0.2) is 56.2 Å². The van der Waals surface area contributed by atoms with Crippen molar-refractivity contribution >= 4 is 23.7 Å². The zero-order chi connectivity index (χ0) is 24.5. The Labute approximate surface area is 187 Å². The summed E-state index contributed by atoms with van der Waals surface area (Å²) in [6.45, 7) is 1.33. The lowest BCUT2D eigenvalue weighted by Crippen LogP contribution is -2.37.